The van der Waals surface area contributed by atoms with Gasteiger partial charge in [0.2, 0.25) is 0 Å². The third-order valence-electron chi connectivity index (χ3n) is 2.58. The molecular formula is C11H15N5O2S. The summed E-state index contributed by atoms with van der Waals surface area (Å²) in [7, 11) is 0. The van der Waals surface area contributed by atoms with Crippen LogP contribution in [0.25, 0.3) is 11.2 Å². The highest BCUT2D eigenvalue weighted by molar-refractivity contribution is 7.99. The molecule has 0 aliphatic heterocycles. The maximum absolute atomic E-state index is 11.6. The molecule has 7 nitrogen and oxygen atoms in total. The number of thioether (sulfide) groups is 1. The Kier molecular flexibility index (Phi) is 4.33. The zero-order valence-corrected chi connectivity index (χ0v) is 11.5. The highest BCUT2D eigenvalue weighted by atomic mass is 32.2. The Labute approximate surface area is 114 Å². The van der Waals surface area contributed by atoms with Crippen molar-refractivity contribution in [1.82, 2.24) is 19.9 Å². The molecule has 1 atom stereocenters. The maximum Gasteiger partial charge on any atom is 0.324 e. The molecule has 2 rings (SSSR count). The van der Waals surface area contributed by atoms with Crippen molar-refractivity contribution < 1.29 is 9.53 Å². The number of nitrogens with zero attached hydrogens (tertiary/aromatic N) is 3. The number of imidazole rings is 1. The standard InChI is InChI=1S/C11H15N5O2S/c1-6(2)7(12)11(17)18-5-19-10-8-9(14-3-13-8)15-4-16-10/h3-4,6-7H,5,12H2,1-2H3,(H,13,14,15,16)/t7-/m0/s1. The minimum Gasteiger partial charge on any atom is -0.453 e. The van der Waals surface area contributed by atoms with Crippen LogP contribution in [0.3, 0.4) is 0 Å². The van der Waals surface area contributed by atoms with Crippen LogP contribution in [-0.4, -0.2) is 37.9 Å². The Hall–Kier alpha value is -1.67. The number of nitrogens with one attached hydrogen (secondary N) is 1. The average molecular weight is 281 g/mol. The monoisotopic (exact) mass is 281 g/mol. The van der Waals surface area contributed by atoms with E-state index < -0.39 is 12.0 Å². The molecule has 19 heavy (non-hydrogen) atoms. The number of aromatic nitrogens is 4. The van der Waals surface area contributed by atoms with Crippen LogP contribution >= 0.6 is 11.8 Å². The summed E-state index contributed by atoms with van der Waals surface area (Å²) in [5.74, 6) is -0.196. The van der Waals surface area contributed by atoms with Gasteiger partial charge >= 0.3 is 5.97 Å². The van der Waals surface area contributed by atoms with E-state index in [1.165, 1.54) is 18.1 Å². The molecule has 0 unspecified atom stereocenters. The van der Waals surface area contributed by atoms with E-state index in [1.807, 2.05) is 13.8 Å². The first-order chi connectivity index (χ1) is 9.09. The van der Waals surface area contributed by atoms with Gasteiger partial charge in [-0.3, -0.25) is 4.79 Å². The highest BCUT2D eigenvalue weighted by Crippen LogP contribution is 2.21. The van der Waals surface area contributed by atoms with Crippen molar-refractivity contribution in [3.8, 4) is 0 Å². The van der Waals surface area contributed by atoms with E-state index in [4.69, 9.17) is 10.5 Å². The van der Waals surface area contributed by atoms with Gasteiger partial charge in [-0.05, 0) is 5.92 Å². The summed E-state index contributed by atoms with van der Waals surface area (Å²) in [6.07, 6.45) is 2.97. The van der Waals surface area contributed by atoms with Gasteiger partial charge in [0.1, 0.15) is 28.9 Å². The number of esters is 1. The number of nitrogens with two attached hydrogens (primary N) is 1. The van der Waals surface area contributed by atoms with E-state index in [0.29, 0.717) is 10.7 Å². The second-order valence-corrected chi connectivity index (χ2v) is 5.19. The topological polar surface area (TPSA) is 107 Å². The van der Waals surface area contributed by atoms with Gasteiger partial charge in [-0.1, -0.05) is 25.6 Å². The van der Waals surface area contributed by atoms with Gasteiger partial charge in [-0.2, -0.15) is 0 Å². The molecule has 2 aromatic heterocycles. The lowest BCUT2D eigenvalue weighted by Crippen LogP contribution is -2.36. The van der Waals surface area contributed by atoms with Gasteiger partial charge in [0.25, 0.3) is 0 Å². The van der Waals surface area contributed by atoms with Crippen LogP contribution in [0.1, 0.15) is 13.8 Å². The maximum atomic E-state index is 11.6. The lowest BCUT2D eigenvalue weighted by Gasteiger charge is -2.13. The van der Waals surface area contributed by atoms with Crippen molar-refractivity contribution in [2.45, 2.75) is 24.9 Å². The highest BCUT2D eigenvalue weighted by Gasteiger charge is 2.18. The number of ether oxygens (including phenoxy) is 1. The lowest BCUT2D eigenvalue weighted by atomic mass is 10.1. The number of rotatable bonds is 5. The number of carbonyl (C=O) groups is 1. The summed E-state index contributed by atoms with van der Waals surface area (Å²) in [5, 5.41) is 0.688. The minimum absolute atomic E-state index is 0.0517. The minimum atomic E-state index is -0.599. The second-order valence-electron chi connectivity index (χ2n) is 4.28. The van der Waals surface area contributed by atoms with Crippen LogP contribution in [-0.2, 0) is 9.53 Å². The van der Waals surface area contributed by atoms with Crippen molar-refractivity contribution in [3.05, 3.63) is 12.7 Å². The fourth-order valence-corrected chi connectivity index (χ4v) is 2.07. The quantitative estimate of drug-likeness (QED) is 0.363. The summed E-state index contributed by atoms with van der Waals surface area (Å²) in [4.78, 5) is 26.7. The number of fused-ring (bicyclic) bond motifs is 1. The van der Waals surface area contributed by atoms with Gasteiger partial charge in [0.05, 0.1) is 6.33 Å². The number of aromatic amines is 1. The second kappa shape index (κ2) is 5.98. The molecule has 0 aliphatic rings. The third kappa shape index (κ3) is 3.21. The first-order valence-corrected chi connectivity index (χ1v) is 6.77. The van der Waals surface area contributed by atoms with Gasteiger partial charge < -0.3 is 15.5 Å². The number of hydrogen-bond donors (Lipinski definition) is 2. The molecule has 0 saturated heterocycles. The third-order valence-corrected chi connectivity index (χ3v) is 3.39. The van der Waals surface area contributed by atoms with E-state index in [-0.39, 0.29) is 11.9 Å². The van der Waals surface area contributed by atoms with Gasteiger partial charge in [-0.25, -0.2) is 15.0 Å². The van der Waals surface area contributed by atoms with E-state index in [1.54, 1.807) is 6.33 Å². The largest absolute Gasteiger partial charge is 0.453 e. The van der Waals surface area contributed by atoms with Crippen LogP contribution < -0.4 is 5.73 Å². The van der Waals surface area contributed by atoms with Crippen LogP contribution in [0, 0.1) is 5.92 Å². The molecule has 0 amide bonds. The molecule has 102 valence electrons. The molecule has 0 bridgehead atoms. The lowest BCUT2D eigenvalue weighted by molar-refractivity contribution is -0.144. The van der Waals surface area contributed by atoms with E-state index in [9.17, 15) is 4.79 Å². The zero-order chi connectivity index (χ0) is 13.8. The average Bonchev–Trinajstić information content (AvgIpc) is 2.86. The van der Waals surface area contributed by atoms with Crippen molar-refractivity contribution in [1.29, 1.82) is 0 Å². The van der Waals surface area contributed by atoms with E-state index in [2.05, 4.69) is 19.9 Å². The Morgan fingerprint density at radius 1 is 1.47 bits per heavy atom. The Morgan fingerprint density at radius 3 is 3.00 bits per heavy atom. The summed E-state index contributed by atoms with van der Waals surface area (Å²) in [6.45, 7) is 3.75. The SMILES string of the molecule is CC(C)[C@H](N)C(=O)OCSc1ncnc2nc[nH]c12. The first kappa shape index (κ1) is 13.8. The summed E-state index contributed by atoms with van der Waals surface area (Å²) in [5.41, 5.74) is 7.01. The molecule has 0 radical (unpaired) electrons. The summed E-state index contributed by atoms with van der Waals surface area (Å²) >= 11 is 1.29. The molecule has 0 aliphatic carbocycles. The Bertz CT molecular complexity index is 571. The molecule has 3 N–H and O–H groups in total. The predicted octanol–water partition coefficient (Wildman–Crippen LogP) is 0.929. The molecule has 2 aromatic rings. The number of hydrogen-bond acceptors (Lipinski definition) is 7. The van der Waals surface area contributed by atoms with E-state index >= 15 is 0 Å². The Balaban J connectivity index is 1.93. The van der Waals surface area contributed by atoms with Crippen LogP contribution in [0.5, 0.6) is 0 Å². The molecule has 0 aromatic carbocycles. The Morgan fingerprint density at radius 2 is 2.26 bits per heavy atom. The normalized spacial score (nSPS) is 12.8. The van der Waals surface area contributed by atoms with Crippen LogP contribution in [0.2, 0.25) is 0 Å². The van der Waals surface area contributed by atoms with Crippen molar-refractivity contribution in [2.75, 3.05) is 5.94 Å². The number of H-pyrrole nitrogens is 1. The van der Waals surface area contributed by atoms with Crippen LogP contribution in [0.15, 0.2) is 17.7 Å². The predicted molar refractivity (Wildman–Crippen MR) is 71.3 cm³/mol. The van der Waals surface area contributed by atoms with Gasteiger partial charge in [0.15, 0.2) is 5.65 Å². The van der Waals surface area contributed by atoms with Crippen molar-refractivity contribution in [3.63, 3.8) is 0 Å². The zero-order valence-electron chi connectivity index (χ0n) is 10.7. The molecule has 0 spiro atoms. The molecule has 0 saturated carbocycles. The number of carbonyl (C=O) groups excluding carboxylic acids is 1. The fraction of sp³-hybridized carbons (Fsp3) is 0.455. The summed E-state index contributed by atoms with van der Waals surface area (Å²) < 4.78 is 5.10. The van der Waals surface area contributed by atoms with Gasteiger partial charge in [0, 0.05) is 0 Å². The van der Waals surface area contributed by atoms with Gasteiger partial charge in [-0.15, -0.1) is 0 Å². The first-order valence-electron chi connectivity index (χ1n) is 5.78. The van der Waals surface area contributed by atoms with Crippen molar-refractivity contribution >= 4 is 28.9 Å². The van der Waals surface area contributed by atoms with Crippen molar-refractivity contribution in [2.24, 2.45) is 11.7 Å². The van der Waals surface area contributed by atoms with E-state index in [0.717, 1.165) is 5.52 Å². The molecule has 0 fully saturated rings. The molecular weight excluding hydrogens is 266 g/mol. The molecule has 2 heterocycles. The molecule has 8 heteroatoms. The fourth-order valence-electron chi connectivity index (χ4n) is 1.36. The van der Waals surface area contributed by atoms with Crippen LogP contribution in [0.4, 0.5) is 0 Å². The smallest absolute Gasteiger partial charge is 0.324 e. The summed E-state index contributed by atoms with van der Waals surface area (Å²) in [6, 6.07) is -0.599.